The van der Waals surface area contributed by atoms with Crippen LogP contribution in [0.3, 0.4) is 0 Å². The molecule has 2 rings (SSSR count). The zero-order valence-corrected chi connectivity index (χ0v) is 13.1. The number of carbonyl (C=O) groups excluding carboxylic acids is 1. The van der Waals surface area contributed by atoms with Gasteiger partial charge in [0.05, 0.1) is 0 Å². The summed E-state index contributed by atoms with van der Waals surface area (Å²) in [6.45, 7) is 2.36. The van der Waals surface area contributed by atoms with Crippen LogP contribution in [-0.4, -0.2) is 30.4 Å². The van der Waals surface area contributed by atoms with Crippen molar-refractivity contribution in [1.29, 1.82) is 0 Å². The third-order valence-corrected chi connectivity index (χ3v) is 4.26. The van der Waals surface area contributed by atoms with Crippen molar-refractivity contribution in [1.82, 2.24) is 4.90 Å². The van der Waals surface area contributed by atoms with E-state index >= 15 is 0 Å². The molecule has 1 amide bonds. The van der Waals surface area contributed by atoms with Crippen LogP contribution in [-0.2, 0) is 0 Å². The molecule has 0 aliphatic carbocycles. The molecular formula is C14H18BrClN2O. The van der Waals surface area contributed by atoms with E-state index in [4.69, 9.17) is 17.3 Å². The highest BCUT2D eigenvalue weighted by Crippen LogP contribution is 2.24. The number of piperidine rings is 1. The van der Waals surface area contributed by atoms with Gasteiger partial charge in [0.2, 0.25) is 0 Å². The Labute approximate surface area is 127 Å². The molecule has 19 heavy (non-hydrogen) atoms. The molecule has 0 aromatic heterocycles. The molecule has 5 heteroatoms. The maximum absolute atomic E-state index is 12.4. The van der Waals surface area contributed by atoms with Gasteiger partial charge < -0.3 is 10.6 Å². The van der Waals surface area contributed by atoms with Crippen molar-refractivity contribution < 1.29 is 4.79 Å². The van der Waals surface area contributed by atoms with Crippen LogP contribution in [0, 0.1) is 5.92 Å². The second kappa shape index (κ2) is 6.73. The molecule has 1 heterocycles. The largest absolute Gasteiger partial charge is 0.339 e. The number of nitrogens with two attached hydrogens (primary N) is 1. The van der Waals surface area contributed by atoms with Gasteiger partial charge >= 0.3 is 0 Å². The van der Waals surface area contributed by atoms with Gasteiger partial charge in [-0.3, -0.25) is 4.79 Å². The molecule has 0 atom stereocenters. The maximum Gasteiger partial charge on any atom is 0.253 e. The normalized spacial score (nSPS) is 16.7. The molecule has 0 spiro atoms. The lowest BCUT2D eigenvalue weighted by atomic mass is 9.93. The lowest BCUT2D eigenvalue weighted by Crippen LogP contribution is -2.38. The van der Waals surface area contributed by atoms with E-state index in [-0.39, 0.29) is 5.91 Å². The van der Waals surface area contributed by atoms with Crippen molar-refractivity contribution in [2.75, 3.05) is 19.6 Å². The number of halogens is 2. The van der Waals surface area contributed by atoms with Gasteiger partial charge in [0.25, 0.3) is 5.91 Å². The van der Waals surface area contributed by atoms with Gasteiger partial charge in [0.1, 0.15) is 0 Å². The fourth-order valence-electron chi connectivity index (χ4n) is 2.52. The van der Waals surface area contributed by atoms with E-state index in [2.05, 4.69) is 15.9 Å². The van der Waals surface area contributed by atoms with Gasteiger partial charge in [-0.25, -0.2) is 0 Å². The Morgan fingerprint density at radius 1 is 1.37 bits per heavy atom. The van der Waals surface area contributed by atoms with Crippen molar-refractivity contribution in [3.05, 3.63) is 33.3 Å². The molecule has 1 aromatic carbocycles. The smallest absolute Gasteiger partial charge is 0.253 e. The number of hydrogen-bond acceptors (Lipinski definition) is 2. The second-order valence-electron chi connectivity index (χ2n) is 4.97. The van der Waals surface area contributed by atoms with Crippen molar-refractivity contribution in [3.63, 3.8) is 0 Å². The average molecular weight is 346 g/mol. The van der Waals surface area contributed by atoms with E-state index in [0.29, 0.717) is 16.5 Å². The average Bonchev–Trinajstić information content (AvgIpc) is 2.38. The molecule has 0 unspecified atom stereocenters. The zero-order valence-electron chi connectivity index (χ0n) is 10.7. The van der Waals surface area contributed by atoms with Gasteiger partial charge in [0.15, 0.2) is 0 Å². The number of likely N-dealkylation sites (tertiary alicyclic amines) is 1. The van der Waals surface area contributed by atoms with Gasteiger partial charge in [-0.1, -0.05) is 27.5 Å². The first-order valence-corrected chi connectivity index (χ1v) is 7.72. The molecule has 0 bridgehead atoms. The van der Waals surface area contributed by atoms with Crippen LogP contribution in [0.5, 0.6) is 0 Å². The van der Waals surface area contributed by atoms with Crippen molar-refractivity contribution in [2.45, 2.75) is 19.3 Å². The minimum atomic E-state index is 0.0643. The molecule has 1 fully saturated rings. The van der Waals surface area contributed by atoms with Gasteiger partial charge in [-0.2, -0.15) is 0 Å². The predicted octanol–water partition coefficient (Wildman–Crippen LogP) is 3.30. The highest BCUT2D eigenvalue weighted by Gasteiger charge is 2.23. The Balaban J connectivity index is 2.01. The van der Waals surface area contributed by atoms with Crippen molar-refractivity contribution in [2.24, 2.45) is 11.7 Å². The van der Waals surface area contributed by atoms with Crippen LogP contribution in [0.2, 0.25) is 5.02 Å². The standard InChI is InChI=1S/C14H18BrClN2O/c15-12-7-11(8-13(16)9-12)14(19)18-5-2-10(1-4-17)3-6-18/h7-10H,1-6,17H2. The molecule has 1 aliphatic rings. The Morgan fingerprint density at radius 2 is 2.05 bits per heavy atom. The van der Waals surface area contributed by atoms with Crippen molar-refractivity contribution >= 4 is 33.4 Å². The van der Waals surface area contributed by atoms with Crippen LogP contribution in [0.15, 0.2) is 22.7 Å². The first-order chi connectivity index (χ1) is 9.10. The summed E-state index contributed by atoms with van der Waals surface area (Å²) in [5, 5.41) is 0.579. The quantitative estimate of drug-likeness (QED) is 0.913. The molecule has 3 nitrogen and oxygen atoms in total. The first kappa shape index (κ1) is 14.8. The molecule has 2 N–H and O–H groups in total. The Hall–Kier alpha value is -0.580. The molecule has 1 aliphatic heterocycles. The first-order valence-electron chi connectivity index (χ1n) is 6.55. The van der Waals surface area contributed by atoms with E-state index in [1.807, 2.05) is 11.0 Å². The second-order valence-corrected chi connectivity index (χ2v) is 6.32. The Bertz CT molecular complexity index is 439. The third kappa shape index (κ3) is 3.94. The summed E-state index contributed by atoms with van der Waals surface area (Å²) >= 11 is 9.35. The minimum absolute atomic E-state index is 0.0643. The summed E-state index contributed by atoms with van der Waals surface area (Å²) in [6.07, 6.45) is 3.15. The number of nitrogens with zero attached hydrogens (tertiary/aromatic N) is 1. The number of carbonyl (C=O) groups is 1. The Morgan fingerprint density at radius 3 is 2.63 bits per heavy atom. The number of rotatable bonds is 3. The van der Waals surface area contributed by atoms with Crippen LogP contribution < -0.4 is 5.73 Å². The minimum Gasteiger partial charge on any atom is -0.339 e. The Kier molecular flexibility index (Phi) is 5.25. The fourth-order valence-corrected chi connectivity index (χ4v) is 3.38. The van der Waals surface area contributed by atoms with Gasteiger partial charge in [-0.05, 0) is 49.9 Å². The van der Waals surface area contributed by atoms with Gasteiger partial charge in [-0.15, -0.1) is 0 Å². The monoisotopic (exact) mass is 344 g/mol. The van der Waals surface area contributed by atoms with E-state index in [0.717, 1.165) is 43.4 Å². The summed E-state index contributed by atoms with van der Waals surface area (Å²) in [5.74, 6) is 0.731. The summed E-state index contributed by atoms with van der Waals surface area (Å²) in [7, 11) is 0. The summed E-state index contributed by atoms with van der Waals surface area (Å²) in [5.41, 5.74) is 6.23. The molecular weight excluding hydrogens is 328 g/mol. The lowest BCUT2D eigenvalue weighted by molar-refractivity contribution is 0.0688. The molecule has 104 valence electrons. The lowest BCUT2D eigenvalue weighted by Gasteiger charge is -2.32. The molecule has 0 radical (unpaired) electrons. The van der Waals surface area contributed by atoms with Crippen LogP contribution in [0.25, 0.3) is 0 Å². The van der Waals surface area contributed by atoms with Crippen LogP contribution >= 0.6 is 27.5 Å². The number of benzene rings is 1. The van der Waals surface area contributed by atoms with Crippen molar-refractivity contribution in [3.8, 4) is 0 Å². The predicted molar refractivity (Wildman–Crippen MR) is 81.5 cm³/mol. The topological polar surface area (TPSA) is 46.3 Å². The highest BCUT2D eigenvalue weighted by atomic mass is 79.9. The molecule has 1 saturated heterocycles. The van der Waals surface area contributed by atoms with E-state index in [1.165, 1.54) is 0 Å². The number of amides is 1. The summed E-state index contributed by atoms with van der Waals surface area (Å²) in [6, 6.07) is 5.33. The van der Waals surface area contributed by atoms with Gasteiger partial charge in [0, 0.05) is 28.1 Å². The SMILES string of the molecule is NCCC1CCN(C(=O)c2cc(Cl)cc(Br)c2)CC1. The van der Waals surface area contributed by atoms with E-state index in [9.17, 15) is 4.79 Å². The fraction of sp³-hybridized carbons (Fsp3) is 0.500. The number of hydrogen-bond donors (Lipinski definition) is 1. The molecule has 1 aromatic rings. The summed E-state index contributed by atoms with van der Waals surface area (Å²) < 4.78 is 0.835. The maximum atomic E-state index is 12.4. The van der Waals surface area contributed by atoms with E-state index in [1.54, 1.807) is 12.1 Å². The van der Waals surface area contributed by atoms with Crippen LogP contribution in [0.4, 0.5) is 0 Å². The summed E-state index contributed by atoms with van der Waals surface area (Å²) in [4.78, 5) is 14.3. The van der Waals surface area contributed by atoms with E-state index < -0.39 is 0 Å². The zero-order chi connectivity index (χ0) is 13.8. The highest BCUT2D eigenvalue weighted by molar-refractivity contribution is 9.10. The molecule has 0 saturated carbocycles. The van der Waals surface area contributed by atoms with Crippen LogP contribution in [0.1, 0.15) is 29.6 Å². The third-order valence-electron chi connectivity index (χ3n) is 3.59.